The number of hydrogen-bond donors (Lipinski definition) is 0. The van der Waals surface area contributed by atoms with Crippen LogP contribution in [0.25, 0.3) is 0 Å². The van der Waals surface area contributed by atoms with Crippen molar-refractivity contribution in [1.82, 2.24) is 0 Å². The lowest BCUT2D eigenvalue weighted by molar-refractivity contribution is -0.169. The Labute approximate surface area is 65.1 Å². The first-order chi connectivity index (χ1) is 4.84. The predicted molar refractivity (Wildman–Crippen MR) is 33.6 cm³/mol. The molecule has 0 heterocycles. The van der Waals surface area contributed by atoms with Crippen molar-refractivity contribution in [3.05, 3.63) is 0 Å². The Morgan fingerprint density at radius 1 is 1.55 bits per heavy atom. The highest BCUT2D eigenvalue weighted by Gasteiger charge is 2.35. The largest absolute Gasteiger partial charge is 0.772 e. The molecule has 2 atom stereocenters. The van der Waals surface area contributed by atoms with E-state index in [1.165, 1.54) is 0 Å². The molecule has 0 aliphatic heterocycles. The zero-order valence-electron chi connectivity index (χ0n) is 5.85. The minimum absolute atomic E-state index is 0.361. The first kappa shape index (κ1) is 10.9. The van der Waals surface area contributed by atoms with Crippen LogP contribution in [-0.2, 0) is 11.1 Å². The molecule has 2 unspecified atom stereocenters. The predicted octanol–water partition coefficient (Wildman–Crippen LogP) is 1.45. The van der Waals surface area contributed by atoms with E-state index in [1.54, 1.807) is 0 Å². The molecule has 0 saturated heterocycles. The smallest absolute Gasteiger partial charge is 0.391 e. The maximum atomic E-state index is 11.7. The first-order valence-electron chi connectivity index (χ1n) is 2.96. The van der Waals surface area contributed by atoms with Crippen molar-refractivity contribution in [2.24, 2.45) is 5.92 Å². The van der Waals surface area contributed by atoms with Crippen LogP contribution in [0.5, 0.6) is 0 Å². The summed E-state index contributed by atoms with van der Waals surface area (Å²) in [5.41, 5.74) is 0. The lowest BCUT2D eigenvalue weighted by Gasteiger charge is -2.15. The van der Waals surface area contributed by atoms with E-state index >= 15 is 0 Å². The van der Waals surface area contributed by atoms with Crippen LogP contribution in [0.1, 0.15) is 13.3 Å². The lowest BCUT2D eigenvalue weighted by atomic mass is 10.1. The molecule has 0 radical (unpaired) electrons. The first-order valence-corrected chi connectivity index (χ1v) is 4.21. The van der Waals surface area contributed by atoms with Crippen LogP contribution in [0.2, 0.25) is 0 Å². The summed E-state index contributed by atoms with van der Waals surface area (Å²) in [5, 5.41) is 0. The molecule has 0 bridgehead atoms. The van der Waals surface area contributed by atoms with Crippen molar-refractivity contribution in [2.45, 2.75) is 19.5 Å². The molecular weight excluding hydrogens is 181 g/mol. The molecule has 0 aromatic rings. The van der Waals surface area contributed by atoms with Gasteiger partial charge in [0.2, 0.25) is 0 Å². The van der Waals surface area contributed by atoms with Gasteiger partial charge in [-0.05, 0) is 6.42 Å². The third kappa shape index (κ3) is 5.20. The fraction of sp³-hybridized carbons (Fsp3) is 1.00. The Balaban J connectivity index is 3.70. The van der Waals surface area contributed by atoms with E-state index in [1.807, 2.05) is 0 Å². The lowest BCUT2D eigenvalue weighted by Crippen LogP contribution is -2.21. The summed E-state index contributed by atoms with van der Waals surface area (Å²) < 4.78 is 54.8. The van der Waals surface area contributed by atoms with Gasteiger partial charge in [-0.2, -0.15) is 13.2 Å². The molecule has 0 aliphatic carbocycles. The third-order valence-electron chi connectivity index (χ3n) is 1.28. The maximum absolute atomic E-state index is 11.7. The van der Waals surface area contributed by atoms with E-state index in [4.69, 9.17) is 0 Å². The van der Waals surface area contributed by atoms with Gasteiger partial charge >= 0.3 is 6.18 Å². The molecular formula is C5H8F3O2S-. The zero-order chi connectivity index (χ0) is 9.07. The van der Waals surface area contributed by atoms with E-state index in [2.05, 4.69) is 0 Å². The molecule has 0 rings (SSSR count). The van der Waals surface area contributed by atoms with Crippen LogP contribution < -0.4 is 0 Å². The maximum Gasteiger partial charge on any atom is 0.391 e. The second-order valence-corrected chi connectivity index (χ2v) is 3.25. The highest BCUT2D eigenvalue weighted by atomic mass is 32.2. The van der Waals surface area contributed by atoms with E-state index in [0.29, 0.717) is 0 Å². The summed E-state index contributed by atoms with van der Waals surface area (Å²) in [7, 11) is 0. The SMILES string of the molecule is CC(CCS(=O)[O-])C(F)(F)F. The highest BCUT2D eigenvalue weighted by Crippen LogP contribution is 2.27. The van der Waals surface area contributed by atoms with Gasteiger partial charge in [-0.3, -0.25) is 4.21 Å². The molecule has 6 heteroatoms. The molecule has 11 heavy (non-hydrogen) atoms. The van der Waals surface area contributed by atoms with Gasteiger partial charge in [0, 0.05) is 5.75 Å². The molecule has 68 valence electrons. The second kappa shape index (κ2) is 4.06. The number of rotatable bonds is 3. The topological polar surface area (TPSA) is 40.1 Å². The normalized spacial score (nSPS) is 17.9. The van der Waals surface area contributed by atoms with Crippen LogP contribution in [0.3, 0.4) is 0 Å². The van der Waals surface area contributed by atoms with E-state index in [-0.39, 0.29) is 6.42 Å². The molecule has 0 amide bonds. The standard InChI is InChI=1S/C5H9F3O2S/c1-4(5(6,7)8)2-3-11(9)10/h4H,2-3H2,1H3,(H,9,10)/p-1. The Morgan fingerprint density at radius 3 is 2.27 bits per heavy atom. The average molecular weight is 189 g/mol. The minimum Gasteiger partial charge on any atom is -0.772 e. The molecule has 2 nitrogen and oxygen atoms in total. The fourth-order valence-corrected chi connectivity index (χ4v) is 0.983. The summed E-state index contributed by atoms with van der Waals surface area (Å²) in [6.07, 6.45) is -4.64. The van der Waals surface area contributed by atoms with Gasteiger partial charge in [0.05, 0.1) is 5.92 Å². The average Bonchev–Trinajstić information content (AvgIpc) is 1.80. The van der Waals surface area contributed by atoms with Gasteiger partial charge in [0.1, 0.15) is 0 Å². The summed E-state index contributed by atoms with van der Waals surface area (Å²) >= 11 is -2.37. The van der Waals surface area contributed by atoms with Crippen LogP contribution in [0, 0.1) is 5.92 Å². The Kier molecular flexibility index (Phi) is 4.02. The molecule has 0 aromatic heterocycles. The summed E-state index contributed by atoms with van der Waals surface area (Å²) in [6, 6.07) is 0. The van der Waals surface area contributed by atoms with Crippen molar-refractivity contribution in [2.75, 3.05) is 5.75 Å². The van der Waals surface area contributed by atoms with Crippen molar-refractivity contribution in [1.29, 1.82) is 0 Å². The number of hydrogen-bond acceptors (Lipinski definition) is 2. The summed E-state index contributed by atoms with van der Waals surface area (Å²) in [6.45, 7) is 0.965. The highest BCUT2D eigenvalue weighted by molar-refractivity contribution is 7.79. The van der Waals surface area contributed by atoms with Gasteiger partial charge in [-0.1, -0.05) is 18.0 Å². The van der Waals surface area contributed by atoms with Crippen LogP contribution >= 0.6 is 0 Å². The van der Waals surface area contributed by atoms with Gasteiger partial charge < -0.3 is 4.55 Å². The van der Waals surface area contributed by atoms with Gasteiger partial charge in [0.15, 0.2) is 0 Å². The summed E-state index contributed by atoms with van der Waals surface area (Å²) in [5.74, 6) is -1.97. The fourth-order valence-electron chi connectivity index (χ4n) is 0.437. The van der Waals surface area contributed by atoms with Crippen molar-refractivity contribution >= 4 is 11.1 Å². The van der Waals surface area contributed by atoms with E-state index in [0.717, 1.165) is 6.92 Å². The minimum atomic E-state index is -4.28. The summed E-state index contributed by atoms with van der Waals surface area (Å²) in [4.78, 5) is 0. The Hall–Kier alpha value is -0.100. The molecule has 0 saturated carbocycles. The van der Waals surface area contributed by atoms with Gasteiger partial charge in [-0.25, -0.2) is 0 Å². The van der Waals surface area contributed by atoms with Crippen molar-refractivity contribution in [3.63, 3.8) is 0 Å². The van der Waals surface area contributed by atoms with Crippen LogP contribution in [-0.4, -0.2) is 20.7 Å². The molecule has 0 N–H and O–H groups in total. The Bertz CT molecular complexity index is 145. The molecule has 0 spiro atoms. The van der Waals surface area contributed by atoms with Crippen molar-refractivity contribution in [3.8, 4) is 0 Å². The van der Waals surface area contributed by atoms with E-state index < -0.39 is 28.9 Å². The molecule has 0 aliphatic rings. The second-order valence-electron chi connectivity index (χ2n) is 2.24. The van der Waals surface area contributed by atoms with Crippen LogP contribution in [0.4, 0.5) is 13.2 Å². The quantitative estimate of drug-likeness (QED) is 0.630. The number of halogens is 3. The monoisotopic (exact) mass is 189 g/mol. The molecule has 0 aromatic carbocycles. The number of alkyl halides is 3. The van der Waals surface area contributed by atoms with Crippen LogP contribution in [0.15, 0.2) is 0 Å². The third-order valence-corrected chi connectivity index (χ3v) is 1.85. The zero-order valence-corrected chi connectivity index (χ0v) is 6.67. The van der Waals surface area contributed by atoms with Gasteiger partial charge in [0.25, 0.3) is 0 Å². The van der Waals surface area contributed by atoms with Gasteiger partial charge in [-0.15, -0.1) is 0 Å². The Morgan fingerprint density at radius 2 is 2.00 bits per heavy atom. The van der Waals surface area contributed by atoms with E-state index in [9.17, 15) is 21.9 Å². The molecule has 0 fully saturated rings. The van der Waals surface area contributed by atoms with Crippen molar-refractivity contribution < 1.29 is 21.9 Å².